The molecular weight excluding hydrogens is 150 g/mol. The molecule has 0 aliphatic heterocycles. The first-order valence-electron chi connectivity index (χ1n) is 2.77. The van der Waals surface area contributed by atoms with Crippen LogP contribution in [0.5, 0.6) is 5.75 Å². The van der Waals surface area contributed by atoms with Crippen molar-refractivity contribution in [3.05, 3.63) is 29.2 Å². The van der Waals surface area contributed by atoms with Crippen LogP contribution in [0.1, 0.15) is 10.5 Å². The summed E-state index contributed by atoms with van der Waals surface area (Å²) in [5.74, 6) is -1.98. The van der Waals surface area contributed by atoms with E-state index in [9.17, 15) is 10.0 Å². The van der Waals surface area contributed by atoms with Gasteiger partial charge in [0.1, 0.15) is 0 Å². The number of aromatic carboxylic acids is 1. The average molecular weight is 155 g/mol. The van der Waals surface area contributed by atoms with Gasteiger partial charge in [-0.05, 0) is 6.07 Å². The van der Waals surface area contributed by atoms with Crippen molar-refractivity contribution in [3.63, 3.8) is 0 Å². The molecule has 0 aromatic carbocycles. The van der Waals surface area contributed by atoms with Crippen molar-refractivity contribution in [2.45, 2.75) is 0 Å². The zero-order valence-electron chi connectivity index (χ0n) is 5.39. The Hall–Kier alpha value is -1.78. The number of aromatic hydroxyl groups is 1. The molecule has 1 heterocycles. The first-order valence-corrected chi connectivity index (χ1v) is 2.77. The second kappa shape index (κ2) is 2.45. The SMILES string of the molecule is O=C(O)c1c(O)ccc[n+]1[O-]. The number of carbonyl (C=O) groups is 1. The fourth-order valence-corrected chi connectivity index (χ4v) is 0.683. The summed E-state index contributed by atoms with van der Waals surface area (Å²) in [4.78, 5) is 10.3. The van der Waals surface area contributed by atoms with Crippen LogP contribution in [0.2, 0.25) is 0 Å². The Morgan fingerprint density at radius 2 is 2.27 bits per heavy atom. The molecule has 11 heavy (non-hydrogen) atoms. The highest BCUT2D eigenvalue weighted by molar-refractivity contribution is 5.86. The molecule has 0 aliphatic rings. The van der Waals surface area contributed by atoms with Gasteiger partial charge in [-0.3, -0.25) is 0 Å². The van der Waals surface area contributed by atoms with Gasteiger partial charge in [-0.15, -0.1) is 0 Å². The number of hydrogen-bond acceptors (Lipinski definition) is 3. The van der Waals surface area contributed by atoms with Gasteiger partial charge >= 0.3 is 11.7 Å². The second-order valence-corrected chi connectivity index (χ2v) is 1.87. The van der Waals surface area contributed by atoms with Crippen LogP contribution in [0.4, 0.5) is 0 Å². The Bertz CT molecular complexity index is 276. The lowest BCUT2D eigenvalue weighted by Crippen LogP contribution is -2.33. The second-order valence-electron chi connectivity index (χ2n) is 1.87. The molecule has 0 spiro atoms. The minimum Gasteiger partial charge on any atom is -0.618 e. The van der Waals surface area contributed by atoms with Gasteiger partial charge in [0.05, 0.1) is 0 Å². The molecule has 1 rings (SSSR count). The topological polar surface area (TPSA) is 84.5 Å². The van der Waals surface area contributed by atoms with E-state index in [4.69, 9.17) is 10.2 Å². The average Bonchev–Trinajstić information content (AvgIpc) is 1.85. The van der Waals surface area contributed by atoms with E-state index in [0.717, 1.165) is 12.3 Å². The van der Waals surface area contributed by atoms with Gasteiger partial charge in [-0.25, -0.2) is 4.79 Å². The van der Waals surface area contributed by atoms with Gasteiger partial charge in [0.2, 0.25) is 0 Å². The van der Waals surface area contributed by atoms with Gasteiger partial charge < -0.3 is 15.4 Å². The molecule has 1 aromatic rings. The molecule has 58 valence electrons. The molecule has 1 aromatic heterocycles. The molecular formula is C6H5NO4. The highest BCUT2D eigenvalue weighted by atomic mass is 16.5. The van der Waals surface area contributed by atoms with Crippen molar-refractivity contribution in [3.8, 4) is 5.75 Å². The van der Waals surface area contributed by atoms with Crippen LogP contribution in [0, 0.1) is 5.21 Å². The lowest BCUT2D eigenvalue weighted by atomic mass is 10.3. The highest BCUT2D eigenvalue weighted by Gasteiger charge is 2.19. The van der Waals surface area contributed by atoms with Crippen LogP contribution in [0.3, 0.4) is 0 Å². The Kier molecular flexibility index (Phi) is 1.63. The van der Waals surface area contributed by atoms with E-state index < -0.39 is 17.4 Å². The summed E-state index contributed by atoms with van der Waals surface area (Å²) >= 11 is 0. The van der Waals surface area contributed by atoms with Gasteiger partial charge in [0, 0.05) is 6.07 Å². The van der Waals surface area contributed by atoms with Crippen molar-refractivity contribution in [1.82, 2.24) is 0 Å². The zero-order chi connectivity index (χ0) is 8.43. The first-order chi connectivity index (χ1) is 5.13. The largest absolute Gasteiger partial charge is 0.618 e. The molecule has 0 radical (unpaired) electrons. The number of nitrogens with zero attached hydrogens (tertiary/aromatic N) is 1. The molecule has 5 nitrogen and oxygen atoms in total. The van der Waals surface area contributed by atoms with E-state index in [1.165, 1.54) is 6.07 Å². The molecule has 0 aliphatic carbocycles. The predicted molar refractivity (Wildman–Crippen MR) is 34.0 cm³/mol. The maximum absolute atomic E-state index is 10.7. The highest BCUT2D eigenvalue weighted by Crippen LogP contribution is 2.09. The quantitative estimate of drug-likeness (QED) is 0.431. The monoisotopic (exact) mass is 155 g/mol. The van der Waals surface area contributed by atoms with E-state index in [1.54, 1.807) is 0 Å². The minimum atomic E-state index is -1.45. The van der Waals surface area contributed by atoms with Crippen molar-refractivity contribution in [2.24, 2.45) is 0 Å². The van der Waals surface area contributed by atoms with E-state index in [0.29, 0.717) is 0 Å². The van der Waals surface area contributed by atoms with Crippen molar-refractivity contribution in [2.75, 3.05) is 0 Å². The normalized spacial score (nSPS) is 9.45. The van der Waals surface area contributed by atoms with Crippen LogP contribution in [-0.2, 0) is 0 Å². The minimum absolute atomic E-state index is 0.0949. The van der Waals surface area contributed by atoms with Crippen molar-refractivity contribution >= 4 is 5.97 Å². The zero-order valence-corrected chi connectivity index (χ0v) is 5.39. The molecule has 0 amide bonds. The molecule has 0 atom stereocenters. The van der Waals surface area contributed by atoms with Crippen LogP contribution >= 0.6 is 0 Å². The maximum atomic E-state index is 10.7. The van der Waals surface area contributed by atoms with Crippen LogP contribution in [-0.4, -0.2) is 16.2 Å². The first kappa shape index (κ1) is 7.33. The summed E-state index contributed by atoms with van der Waals surface area (Å²) in [5.41, 5.74) is -0.660. The molecule has 0 unspecified atom stereocenters. The third-order valence-corrected chi connectivity index (χ3v) is 1.14. The van der Waals surface area contributed by atoms with Gasteiger partial charge in [-0.2, -0.15) is 4.73 Å². The summed E-state index contributed by atoms with van der Waals surface area (Å²) in [6.45, 7) is 0. The van der Waals surface area contributed by atoms with Gasteiger partial charge in [0.25, 0.3) is 0 Å². The summed E-state index contributed by atoms with van der Waals surface area (Å²) in [5, 5.41) is 27.9. The molecule has 0 saturated heterocycles. The predicted octanol–water partition coefficient (Wildman–Crippen LogP) is -0.276. The lowest BCUT2D eigenvalue weighted by Gasteiger charge is -1.99. The van der Waals surface area contributed by atoms with E-state index >= 15 is 0 Å². The number of carboxylic acid groups (broad SMARTS) is 1. The number of hydrogen-bond donors (Lipinski definition) is 2. The summed E-state index contributed by atoms with van der Waals surface area (Å²) in [7, 11) is 0. The van der Waals surface area contributed by atoms with Crippen molar-refractivity contribution in [1.29, 1.82) is 0 Å². The Morgan fingerprint density at radius 1 is 1.64 bits per heavy atom. The number of carboxylic acids is 1. The third kappa shape index (κ3) is 1.21. The Morgan fingerprint density at radius 3 is 2.64 bits per heavy atom. The summed E-state index contributed by atoms with van der Waals surface area (Å²) < 4.78 is 0.0949. The van der Waals surface area contributed by atoms with Crippen molar-refractivity contribution < 1.29 is 19.7 Å². The van der Waals surface area contributed by atoms with E-state index in [2.05, 4.69) is 0 Å². The van der Waals surface area contributed by atoms with E-state index in [-0.39, 0.29) is 4.73 Å². The van der Waals surface area contributed by atoms with Crippen LogP contribution in [0.15, 0.2) is 18.3 Å². The molecule has 5 heteroatoms. The Balaban J connectivity index is 3.32. The number of pyridine rings is 1. The number of aromatic nitrogens is 1. The smallest absolute Gasteiger partial charge is 0.406 e. The molecule has 0 saturated carbocycles. The lowest BCUT2D eigenvalue weighted by molar-refractivity contribution is -0.608. The summed E-state index contributed by atoms with van der Waals surface area (Å²) in [6.07, 6.45) is 1.00. The molecule has 0 bridgehead atoms. The molecule has 2 N–H and O–H groups in total. The number of rotatable bonds is 1. The van der Waals surface area contributed by atoms with Crippen LogP contribution < -0.4 is 4.73 Å². The van der Waals surface area contributed by atoms with Gasteiger partial charge in [-0.1, -0.05) is 0 Å². The van der Waals surface area contributed by atoms with E-state index in [1.807, 2.05) is 0 Å². The van der Waals surface area contributed by atoms with Gasteiger partial charge in [0.15, 0.2) is 11.9 Å². The maximum Gasteiger partial charge on any atom is 0.406 e. The Labute approximate surface area is 61.7 Å². The van der Waals surface area contributed by atoms with Crippen LogP contribution in [0.25, 0.3) is 0 Å². The third-order valence-electron chi connectivity index (χ3n) is 1.14. The summed E-state index contributed by atoms with van der Waals surface area (Å²) in [6, 6.07) is 2.40. The fourth-order valence-electron chi connectivity index (χ4n) is 0.683. The standard InChI is InChI=1S/C6H5NO4/c8-4-2-1-3-7(11)5(4)6(9)10/h1-3,8H,(H,9,10). The molecule has 0 fully saturated rings. The fraction of sp³-hybridized carbons (Fsp3) is 0.